The molecule has 1 heterocycles. The maximum absolute atomic E-state index is 13.9. The summed E-state index contributed by atoms with van der Waals surface area (Å²) in [7, 11) is -3.99. The fourth-order valence-electron chi connectivity index (χ4n) is 4.91. The van der Waals surface area contributed by atoms with Crippen molar-refractivity contribution in [1.29, 1.82) is 0 Å². The number of nitrogens with one attached hydrogen (secondary N) is 1. The van der Waals surface area contributed by atoms with Gasteiger partial charge in [-0.3, -0.25) is 4.79 Å². The number of carbonyl (C=O) groups excluding carboxylic acids is 1. The Kier molecular flexibility index (Phi) is 11.0. The van der Waals surface area contributed by atoms with Crippen LogP contribution in [0.4, 0.5) is 5.13 Å². The number of amides is 1. The van der Waals surface area contributed by atoms with Gasteiger partial charge in [0.25, 0.3) is 5.91 Å². The molecule has 0 radical (unpaired) electrons. The van der Waals surface area contributed by atoms with Crippen molar-refractivity contribution in [3.8, 4) is 5.75 Å². The van der Waals surface area contributed by atoms with Crippen LogP contribution in [0.2, 0.25) is 0 Å². The molecule has 0 spiro atoms. The van der Waals surface area contributed by atoms with E-state index in [9.17, 15) is 18.3 Å². The van der Waals surface area contributed by atoms with Crippen molar-refractivity contribution < 1.29 is 23.1 Å². The number of halogens is 1. The average molecular weight is 737 g/mol. The molecule has 2 atom stereocenters. The van der Waals surface area contributed by atoms with E-state index in [0.29, 0.717) is 27.5 Å². The molecule has 12 heteroatoms. The molecule has 0 aliphatic heterocycles. The topological polar surface area (TPSA) is 135 Å². The predicted molar refractivity (Wildman–Crippen MR) is 180 cm³/mol. The maximum atomic E-state index is 13.9. The van der Waals surface area contributed by atoms with Crippen molar-refractivity contribution in [1.82, 2.24) is 14.6 Å². The quantitative estimate of drug-likeness (QED) is 0.166. The van der Waals surface area contributed by atoms with E-state index in [1.54, 1.807) is 12.1 Å². The van der Waals surface area contributed by atoms with Crippen molar-refractivity contribution >= 4 is 65.2 Å². The van der Waals surface area contributed by atoms with Crippen LogP contribution in [0.3, 0.4) is 0 Å². The van der Waals surface area contributed by atoms with Gasteiger partial charge < -0.3 is 20.9 Å². The zero-order valence-electron chi connectivity index (χ0n) is 24.6. The number of hydrogen-bond acceptors (Lipinski definition) is 8. The van der Waals surface area contributed by atoms with Crippen molar-refractivity contribution in [2.45, 2.75) is 51.2 Å². The first kappa shape index (κ1) is 33.1. The van der Waals surface area contributed by atoms with E-state index in [2.05, 4.69) is 32.9 Å². The molecule has 4 N–H and O–H groups in total. The van der Waals surface area contributed by atoms with Gasteiger partial charge >= 0.3 is 0 Å². The Balaban J connectivity index is 1.55. The van der Waals surface area contributed by atoms with Gasteiger partial charge in [0.2, 0.25) is 10.0 Å². The summed E-state index contributed by atoms with van der Waals surface area (Å²) >= 11 is 3.45. The van der Waals surface area contributed by atoms with Gasteiger partial charge in [0.05, 0.1) is 27.3 Å². The highest BCUT2D eigenvalue weighted by molar-refractivity contribution is 14.1. The largest absolute Gasteiger partial charge is 0.483 e. The number of sulfonamides is 1. The molecule has 9 nitrogen and oxygen atoms in total. The van der Waals surface area contributed by atoms with Crippen molar-refractivity contribution in [3.63, 3.8) is 0 Å². The number of anilines is 1. The summed E-state index contributed by atoms with van der Waals surface area (Å²) in [5.41, 5.74) is 9.19. The summed E-state index contributed by atoms with van der Waals surface area (Å²) in [4.78, 5) is 17.4. The van der Waals surface area contributed by atoms with Gasteiger partial charge in [-0.1, -0.05) is 55.5 Å². The highest BCUT2D eigenvalue weighted by atomic mass is 127. The third-order valence-corrected chi connectivity index (χ3v) is 10.2. The van der Waals surface area contributed by atoms with E-state index < -0.39 is 28.1 Å². The van der Waals surface area contributed by atoms with Crippen molar-refractivity contribution in [3.05, 3.63) is 80.9 Å². The van der Waals surface area contributed by atoms with Gasteiger partial charge in [0.15, 0.2) is 11.7 Å². The molecule has 1 aromatic heterocycles. The number of hydrogen-bond donors (Lipinski definition) is 3. The Morgan fingerprint density at radius 1 is 1.09 bits per heavy atom. The van der Waals surface area contributed by atoms with Crippen LogP contribution in [0.5, 0.6) is 5.75 Å². The first-order valence-corrected chi connectivity index (χ1v) is 17.2. The predicted octanol–water partition coefficient (Wildman–Crippen LogP) is 4.91. The number of nitrogens with zero attached hydrogens (tertiary/aromatic N) is 2. The summed E-state index contributed by atoms with van der Waals surface area (Å²) in [5, 5.41) is 14.8. The third kappa shape index (κ3) is 8.66. The highest BCUT2D eigenvalue weighted by Gasteiger charge is 2.32. The molecular formula is C31H37IN4O5S2. The smallest absolute Gasteiger partial charge is 0.258 e. The molecule has 0 aliphatic carbocycles. The van der Waals surface area contributed by atoms with E-state index in [4.69, 9.17) is 10.5 Å². The standard InChI is InChI=1S/C31H37IN4O5S2/c1-19(2)16-36(43(39,40)24-10-11-25-28(15-24)42-31(33)35-25)17-27(37)26(14-22-8-6-5-7-9-22)34-29(38)18-41-30-20(3)12-23(32)13-21(30)4/h5-13,15,19,26-27,37H,14,16-18H2,1-4H3,(H2,33,35)(H,34,38). The van der Waals surface area contributed by atoms with E-state index in [1.807, 2.05) is 70.2 Å². The maximum Gasteiger partial charge on any atom is 0.258 e. The molecular weight excluding hydrogens is 699 g/mol. The normalized spacial score (nSPS) is 13.4. The van der Waals surface area contributed by atoms with Gasteiger partial charge in [-0.25, -0.2) is 13.4 Å². The number of aryl methyl sites for hydroxylation is 2. The lowest BCUT2D eigenvalue weighted by molar-refractivity contribution is -0.124. The first-order chi connectivity index (χ1) is 20.3. The second kappa shape index (κ2) is 14.3. The van der Waals surface area contributed by atoms with E-state index in [1.165, 1.54) is 21.7 Å². The van der Waals surface area contributed by atoms with Gasteiger partial charge in [0.1, 0.15) is 5.75 Å². The molecule has 0 saturated carbocycles. The Hall–Kier alpha value is -2.78. The van der Waals surface area contributed by atoms with Crippen molar-refractivity contribution in [2.75, 3.05) is 25.4 Å². The second-order valence-corrected chi connectivity index (χ2v) is 15.2. The fraction of sp³-hybridized carbons (Fsp3) is 0.355. The van der Waals surface area contributed by atoms with Crippen LogP contribution < -0.4 is 15.8 Å². The number of fused-ring (bicyclic) bond motifs is 1. The number of carbonyl (C=O) groups is 1. The molecule has 43 heavy (non-hydrogen) atoms. The summed E-state index contributed by atoms with van der Waals surface area (Å²) in [5.74, 6) is 0.217. The average Bonchev–Trinajstić information content (AvgIpc) is 3.31. The van der Waals surface area contributed by atoms with Crippen LogP contribution in [-0.2, 0) is 21.2 Å². The van der Waals surface area contributed by atoms with Gasteiger partial charge in [0, 0.05) is 16.7 Å². The summed E-state index contributed by atoms with van der Waals surface area (Å²) in [6.45, 7) is 7.41. The molecule has 0 bridgehead atoms. The lowest BCUT2D eigenvalue weighted by Gasteiger charge is -2.30. The van der Waals surface area contributed by atoms with Crippen LogP contribution in [0, 0.1) is 23.3 Å². The SMILES string of the molecule is Cc1cc(I)cc(C)c1OCC(=O)NC(Cc1ccccc1)C(O)CN(CC(C)C)S(=O)(=O)c1ccc2nc(N)sc2c1. The Labute approximate surface area is 270 Å². The lowest BCUT2D eigenvalue weighted by atomic mass is 10.0. The highest BCUT2D eigenvalue weighted by Crippen LogP contribution is 2.29. The molecule has 4 aromatic rings. The molecule has 1 amide bonds. The second-order valence-electron chi connectivity index (χ2n) is 11.0. The molecule has 0 aliphatic rings. The number of thiazole rings is 1. The van der Waals surface area contributed by atoms with Crippen LogP contribution in [0.15, 0.2) is 65.6 Å². The van der Waals surface area contributed by atoms with E-state index in [0.717, 1.165) is 20.3 Å². The number of nitrogens with two attached hydrogens (primary N) is 1. The van der Waals surface area contributed by atoms with Gasteiger partial charge in [-0.15, -0.1) is 0 Å². The Morgan fingerprint density at radius 2 is 1.77 bits per heavy atom. The number of aliphatic hydroxyl groups excluding tert-OH is 1. The molecule has 0 saturated heterocycles. The van der Waals surface area contributed by atoms with E-state index in [-0.39, 0.29) is 30.5 Å². The molecule has 0 fully saturated rings. The number of nitrogen functional groups attached to an aromatic ring is 1. The van der Waals surface area contributed by atoms with Gasteiger partial charge in [-0.05, 0) is 95.8 Å². The summed E-state index contributed by atoms with van der Waals surface area (Å²) in [6, 6.07) is 17.3. The zero-order valence-corrected chi connectivity index (χ0v) is 28.4. The molecule has 4 rings (SSSR count). The number of ether oxygens (including phenoxy) is 1. The van der Waals surface area contributed by atoms with Crippen LogP contribution in [0.25, 0.3) is 10.2 Å². The third-order valence-electron chi connectivity index (χ3n) is 6.86. The molecule has 2 unspecified atom stereocenters. The Bertz CT molecular complexity index is 1660. The number of benzene rings is 3. The first-order valence-electron chi connectivity index (χ1n) is 13.9. The fourth-order valence-corrected chi connectivity index (χ4v) is 8.34. The van der Waals surface area contributed by atoms with Crippen LogP contribution >= 0.6 is 33.9 Å². The van der Waals surface area contributed by atoms with E-state index >= 15 is 0 Å². The monoisotopic (exact) mass is 736 g/mol. The van der Waals surface area contributed by atoms with Crippen molar-refractivity contribution in [2.24, 2.45) is 5.92 Å². The summed E-state index contributed by atoms with van der Waals surface area (Å²) < 4.78 is 36.6. The number of rotatable bonds is 13. The number of aliphatic hydroxyl groups is 1. The number of aromatic nitrogens is 1. The van der Waals surface area contributed by atoms with Gasteiger partial charge in [-0.2, -0.15) is 4.31 Å². The molecule has 230 valence electrons. The van der Waals surface area contributed by atoms with Crippen LogP contribution in [0.1, 0.15) is 30.5 Å². The Morgan fingerprint density at radius 3 is 2.42 bits per heavy atom. The minimum atomic E-state index is -3.99. The summed E-state index contributed by atoms with van der Waals surface area (Å²) in [6.07, 6.45) is -0.904. The lowest BCUT2D eigenvalue weighted by Crippen LogP contribution is -2.52. The molecule has 3 aromatic carbocycles. The van der Waals surface area contributed by atoms with Crippen LogP contribution in [-0.4, -0.2) is 60.6 Å². The zero-order chi connectivity index (χ0) is 31.3. The minimum absolute atomic E-state index is 0.0132. The minimum Gasteiger partial charge on any atom is -0.483 e.